The van der Waals surface area contributed by atoms with Crippen molar-refractivity contribution in [2.24, 2.45) is 5.41 Å². The van der Waals surface area contributed by atoms with Crippen molar-refractivity contribution >= 4 is 11.8 Å². The van der Waals surface area contributed by atoms with Crippen molar-refractivity contribution in [2.75, 3.05) is 19.7 Å². The third-order valence-corrected chi connectivity index (χ3v) is 3.98. The van der Waals surface area contributed by atoms with E-state index in [0.717, 1.165) is 24.8 Å². The van der Waals surface area contributed by atoms with Gasteiger partial charge in [-0.05, 0) is 43.7 Å². The lowest BCUT2D eigenvalue weighted by Gasteiger charge is -2.14. The molecule has 0 heterocycles. The molecule has 1 saturated carbocycles. The van der Waals surface area contributed by atoms with Crippen LogP contribution in [-0.2, 0) is 4.79 Å². The third-order valence-electron chi connectivity index (χ3n) is 3.98. The van der Waals surface area contributed by atoms with Gasteiger partial charge in [0.25, 0.3) is 5.91 Å². The van der Waals surface area contributed by atoms with Crippen LogP contribution < -0.4 is 10.6 Å². The standard InChI is InChI=1S/C16H22N2O3/c1-12-2-4-13(5-3-12)15(21)17-10-14(20)18-11-16(6-7-16)8-9-19/h2-5,19H,6-11H2,1H3,(H,17,21)(H,18,20). The van der Waals surface area contributed by atoms with Gasteiger partial charge in [-0.1, -0.05) is 17.7 Å². The van der Waals surface area contributed by atoms with E-state index in [2.05, 4.69) is 10.6 Å². The molecular weight excluding hydrogens is 268 g/mol. The van der Waals surface area contributed by atoms with Gasteiger partial charge in [-0.3, -0.25) is 9.59 Å². The van der Waals surface area contributed by atoms with E-state index in [1.54, 1.807) is 12.1 Å². The highest BCUT2D eigenvalue weighted by molar-refractivity contribution is 5.96. The summed E-state index contributed by atoms with van der Waals surface area (Å²) in [6, 6.07) is 7.20. The van der Waals surface area contributed by atoms with Crippen molar-refractivity contribution in [1.29, 1.82) is 0 Å². The number of hydrogen-bond donors (Lipinski definition) is 3. The molecule has 0 aliphatic heterocycles. The monoisotopic (exact) mass is 290 g/mol. The zero-order valence-corrected chi connectivity index (χ0v) is 12.3. The van der Waals surface area contributed by atoms with E-state index < -0.39 is 0 Å². The number of carbonyl (C=O) groups is 2. The van der Waals surface area contributed by atoms with Crippen LogP contribution in [0.4, 0.5) is 0 Å². The molecule has 2 amide bonds. The van der Waals surface area contributed by atoms with Crippen LogP contribution in [0, 0.1) is 12.3 Å². The molecule has 1 fully saturated rings. The van der Waals surface area contributed by atoms with Crippen LogP contribution in [-0.4, -0.2) is 36.6 Å². The fraction of sp³-hybridized carbons (Fsp3) is 0.500. The van der Waals surface area contributed by atoms with Crippen molar-refractivity contribution in [3.8, 4) is 0 Å². The fourth-order valence-electron chi connectivity index (χ4n) is 2.25. The number of benzene rings is 1. The minimum Gasteiger partial charge on any atom is -0.396 e. The average Bonchev–Trinajstić information content (AvgIpc) is 3.24. The van der Waals surface area contributed by atoms with Crippen molar-refractivity contribution < 1.29 is 14.7 Å². The Labute approximate surface area is 124 Å². The summed E-state index contributed by atoms with van der Waals surface area (Å²) in [6.07, 6.45) is 2.82. The summed E-state index contributed by atoms with van der Waals surface area (Å²) in [5, 5.41) is 14.4. The number of aliphatic hydroxyl groups is 1. The maximum atomic E-state index is 11.9. The van der Waals surface area contributed by atoms with E-state index in [9.17, 15) is 9.59 Å². The molecule has 1 aliphatic carbocycles. The van der Waals surface area contributed by atoms with E-state index in [0.29, 0.717) is 12.1 Å². The van der Waals surface area contributed by atoms with E-state index in [1.165, 1.54) is 0 Å². The number of amides is 2. The van der Waals surface area contributed by atoms with Gasteiger partial charge in [0, 0.05) is 18.7 Å². The molecule has 0 bridgehead atoms. The Hall–Kier alpha value is -1.88. The normalized spacial score (nSPS) is 15.3. The van der Waals surface area contributed by atoms with Crippen LogP contribution in [0.2, 0.25) is 0 Å². The van der Waals surface area contributed by atoms with E-state index in [-0.39, 0.29) is 30.4 Å². The Bertz CT molecular complexity index is 507. The molecule has 5 nitrogen and oxygen atoms in total. The number of nitrogens with one attached hydrogen (secondary N) is 2. The first-order valence-electron chi connectivity index (χ1n) is 7.27. The first-order valence-corrected chi connectivity index (χ1v) is 7.27. The van der Waals surface area contributed by atoms with Gasteiger partial charge in [0.05, 0.1) is 6.54 Å². The highest BCUT2D eigenvalue weighted by Gasteiger charge is 2.41. The van der Waals surface area contributed by atoms with Gasteiger partial charge in [0.15, 0.2) is 0 Å². The smallest absolute Gasteiger partial charge is 0.251 e. The number of carbonyl (C=O) groups excluding carboxylic acids is 2. The molecular formula is C16H22N2O3. The topological polar surface area (TPSA) is 78.4 Å². The van der Waals surface area contributed by atoms with Gasteiger partial charge in [-0.15, -0.1) is 0 Å². The Morgan fingerprint density at radius 1 is 1.19 bits per heavy atom. The second kappa shape index (κ2) is 6.72. The van der Waals surface area contributed by atoms with Crippen LogP contribution in [0.5, 0.6) is 0 Å². The van der Waals surface area contributed by atoms with E-state index in [4.69, 9.17) is 5.11 Å². The first-order chi connectivity index (χ1) is 10.0. The number of aryl methyl sites for hydroxylation is 1. The maximum Gasteiger partial charge on any atom is 0.251 e. The number of rotatable bonds is 7. The second-order valence-electron chi connectivity index (χ2n) is 5.80. The van der Waals surface area contributed by atoms with Crippen LogP contribution >= 0.6 is 0 Å². The predicted molar refractivity (Wildman–Crippen MR) is 79.9 cm³/mol. The molecule has 0 saturated heterocycles. The van der Waals surface area contributed by atoms with Gasteiger partial charge in [0.2, 0.25) is 5.91 Å². The highest BCUT2D eigenvalue weighted by Crippen LogP contribution is 2.47. The summed E-state index contributed by atoms with van der Waals surface area (Å²) in [6.45, 7) is 2.66. The molecule has 0 aromatic heterocycles. The Morgan fingerprint density at radius 3 is 2.43 bits per heavy atom. The summed E-state index contributed by atoms with van der Waals surface area (Å²) in [5.74, 6) is -0.443. The summed E-state index contributed by atoms with van der Waals surface area (Å²) in [5.41, 5.74) is 1.72. The Kier molecular flexibility index (Phi) is 4.96. The zero-order chi connectivity index (χ0) is 15.3. The van der Waals surface area contributed by atoms with Gasteiger partial charge in [-0.25, -0.2) is 0 Å². The number of hydrogen-bond acceptors (Lipinski definition) is 3. The van der Waals surface area contributed by atoms with Crippen LogP contribution in [0.25, 0.3) is 0 Å². The van der Waals surface area contributed by atoms with Crippen molar-refractivity contribution in [3.63, 3.8) is 0 Å². The predicted octanol–water partition coefficient (Wildman–Crippen LogP) is 1.00. The number of aliphatic hydroxyl groups excluding tert-OH is 1. The molecule has 0 unspecified atom stereocenters. The molecule has 2 rings (SSSR count). The van der Waals surface area contributed by atoms with Gasteiger partial charge in [-0.2, -0.15) is 0 Å². The molecule has 114 valence electrons. The SMILES string of the molecule is Cc1ccc(C(=O)NCC(=O)NCC2(CCO)CC2)cc1. The van der Waals surface area contributed by atoms with Gasteiger partial charge in [0.1, 0.15) is 0 Å². The van der Waals surface area contributed by atoms with E-state index in [1.807, 2.05) is 19.1 Å². The molecule has 0 spiro atoms. The largest absolute Gasteiger partial charge is 0.396 e. The molecule has 5 heteroatoms. The third kappa shape index (κ3) is 4.56. The molecule has 1 aliphatic rings. The molecule has 3 N–H and O–H groups in total. The van der Waals surface area contributed by atoms with Crippen molar-refractivity contribution in [2.45, 2.75) is 26.2 Å². The first kappa shape index (κ1) is 15.5. The Balaban J connectivity index is 1.71. The summed E-state index contributed by atoms with van der Waals surface area (Å²) in [4.78, 5) is 23.6. The molecule has 21 heavy (non-hydrogen) atoms. The lowest BCUT2D eigenvalue weighted by atomic mass is 10.0. The maximum absolute atomic E-state index is 11.9. The summed E-state index contributed by atoms with van der Waals surface area (Å²) >= 11 is 0. The van der Waals surface area contributed by atoms with Crippen LogP contribution in [0.15, 0.2) is 24.3 Å². The molecule has 0 atom stereocenters. The fourth-order valence-corrected chi connectivity index (χ4v) is 2.25. The molecule has 1 aromatic carbocycles. The summed E-state index contributed by atoms with van der Waals surface area (Å²) < 4.78 is 0. The minimum atomic E-state index is -0.248. The zero-order valence-electron chi connectivity index (χ0n) is 12.3. The minimum absolute atomic E-state index is 0.0259. The second-order valence-corrected chi connectivity index (χ2v) is 5.80. The van der Waals surface area contributed by atoms with E-state index >= 15 is 0 Å². The van der Waals surface area contributed by atoms with Crippen molar-refractivity contribution in [3.05, 3.63) is 35.4 Å². The molecule has 1 aromatic rings. The van der Waals surface area contributed by atoms with Crippen LogP contribution in [0.3, 0.4) is 0 Å². The lowest BCUT2D eigenvalue weighted by Crippen LogP contribution is -2.39. The average molecular weight is 290 g/mol. The van der Waals surface area contributed by atoms with Crippen LogP contribution in [0.1, 0.15) is 35.2 Å². The van der Waals surface area contributed by atoms with Crippen molar-refractivity contribution in [1.82, 2.24) is 10.6 Å². The van der Waals surface area contributed by atoms with Gasteiger partial charge >= 0.3 is 0 Å². The summed E-state index contributed by atoms with van der Waals surface area (Å²) in [7, 11) is 0. The lowest BCUT2D eigenvalue weighted by molar-refractivity contribution is -0.120. The highest BCUT2D eigenvalue weighted by atomic mass is 16.3. The Morgan fingerprint density at radius 2 is 1.86 bits per heavy atom. The quantitative estimate of drug-likeness (QED) is 0.701. The molecule has 0 radical (unpaired) electrons. The van der Waals surface area contributed by atoms with Gasteiger partial charge < -0.3 is 15.7 Å².